The van der Waals surface area contributed by atoms with E-state index in [4.69, 9.17) is 9.47 Å². The first kappa shape index (κ1) is 24.2. The Kier molecular flexibility index (Phi) is 6.91. The standard InChI is InChI=1S/C27H30FN3O5/c1-35-27(34)29-14-15-36-17-23(29)25(32)31(20-11-7-8-18(28)16-20)24-21-12-5-6-13-22(21)30(26(24)33)19-9-3-2-4-10-19/h5-8,11-13,16,19,23-24H,2-4,9-10,14-15,17H2,1H3/t23-,24-/m0/s1. The zero-order valence-corrected chi connectivity index (χ0v) is 20.3. The van der Waals surface area contributed by atoms with Crippen LogP contribution in [0.15, 0.2) is 48.5 Å². The van der Waals surface area contributed by atoms with Gasteiger partial charge in [-0.1, -0.05) is 43.5 Å². The Bertz CT molecular complexity index is 1150. The van der Waals surface area contributed by atoms with Crippen molar-refractivity contribution in [2.45, 2.75) is 50.2 Å². The average molecular weight is 496 g/mol. The van der Waals surface area contributed by atoms with E-state index in [1.807, 2.05) is 29.2 Å². The molecule has 0 unspecified atom stereocenters. The Balaban J connectivity index is 1.60. The van der Waals surface area contributed by atoms with Gasteiger partial charge in [-0.25, -0.2) is 9.18 Å². The number of carbonyl (C=O) groups excluding carboxylic acids is 3. The van der Waals surface area contributed by atoms with Gasteiger partial charge in [0.15, 0.2) is 0 Å². The van der Waals surface area contributed by atoms with Crippen LogP contribution in [0.4, 0.5) is 20.6 Å². The summed E-state index contributed by atoms with van der Waals surface area (Å²) in [5.41, 5.74) is 1.71. The molecule has 0 aromatic heterocycles. The molecular weight excluding hydrogens is 465 g/mol. The molecule has 2 aromatic rings. The summed E-state index contributed by atoms with van der Waals surface area (Å²) < 4.78 is 24.8. The maximum atomic E-state index is 14.4. The van der Waals surface area contributed by atoms with Gasteiger partial charge >= 0.3 is 6.09 Å². The number of benzene rings is 2. The molecule has 0 spiro atoms. The maximum Gasteiger partial charge on any atom is 0.410 e. The second-order valence-corrected chi connectivity index (χ2v) is 9.40. The van der Waals surface area contributed by atoms with Gasteiger partial charge in [-0.15, -0.1) is 0 Å². The number of hydrogen-bond acceptors (Lipinski definition) is 5. The molecule has 36 heavy (non-hydrogen) atoms. The van der Waals surface area contributed by atoms with E-state index in [-0.39, 0.29) is 37.4 Å². The normalized spacial score (nSPS) is 22.3. The molecular formula is C27H30FN3O5. The highest BCUT2D eigenvalue weighted by Crippen LogP contribution is 2.44. The Labute approximate surface area is 209 Å². The molecule has 2 fully saturated rings. The lowest BCUT2D eigenvalue weighted by Crippen LogP contribution is -2.58. The minimum absolute atomic E-state index is 0.0470. The molecule has 2 atom stereocenters. The Morgan fingerprint density at radius 3 is 2.61 bits per heavy atom. The SMILES string of the molecule is COC(=O)N1CCOC[C@H]1C(=O)N(c1cccc(F)c1)[C@@H]1C(=O)N(C2CCCCC2)c2ccccc21. The smallest absolute Gasteiger partial charge is 0.410 e. The van der Waals surface area contributed by atoms with Crippen molar-refractivity contribution in [3.63, 3.8) is 0 Å². The van der Waals surface area contributed by atoms with Crippen LogP contribution in [0, 0.1) is 5.82 Å². The van der Waals surface area contributed by atoms with Crippen molar-refractivity contribution in [2.75, 3.05) is 36.7 Å². The Hall–Kier alpha value is -3.46. The third kappa shape index (κ3) is 4.32. The molecule has 3 amide bonds. The van der Waals surface area contributed by atoms with Gasteiger partial charge in [0.25, 0.3) is 11.8 Å². The first-order chi connectivity index (χ1) is 17.5. The zero-order valence-electron chi connectivity index (χ0n) is 20.3. The van der Waals surface area contributed by atoms with Gasteiger partial charge in [0.2, 0.25) is 0 Å². The van der Waals surface area contributed by atoms with Crippen LogP contribution in [-0.2, 0) is 19.1 Å². The number of para-hydroxylation sites is 1. The maximum absolute atomic E-state index is 14.4. The quantitative estimate of drug-likeness (QED) is 0.640. The third-order valence-electron chi connectivity index (χ3n) is 7.31. The van der Waals surface area contributed by atoms with E-state index >= 15 is 0 Å². The van der Waals surface area contributed by atoms with E-state index in [1.54, 1.807) is 6.07 Å². The molecule has 1 saturated heterocycles. The highest BCUT2D eigenvalue weighted by molar-refractivity contribution is 6.13. The molecule has 5 rings (SSSR count). The van der Waals surface area contributed by atoms with Crippen LogP contribution in [0.2, 0.25) is 0 Å². The fourth-order valence-electron chi connectivity index (χ4n) is 5.62. The zero-order chi connectivity index (χ0) is 25.2. The van der Waals surface area contributed by atoms with Crippen LogP contribution in [0.3, 0.4) is 0 Å². The number of carbonyl (C=O) groups is 3. The summed E-state index contributed by atoms with van der Waals surface area (Å²) in [6.07, 6.45) is 4.36. The van der Waals surface area contributed by atoms with Gasteiger partial charge in [0, 0.05) is 29.5 Å². The van der Waals surface area contributed by atoms with E-state index < -0.39 is 29.9 Å². The second kappa shape index (κ2) is 10.3. The molecule has 3 aliphatic rings. The van der Waals surface area contributed by atoms with E-state index in [2.05, 4.69) is 0 Å². The summed E-state index contributed by atoms with van der Waals surface area (Å²) in [7, 11) is 1.25. The fraction of sp³-hybridized carbons (Fsp3) is 0.444. The topological polar surface area (TPSA) is 79.4 Å². The molecule has 2 aliphatic heterocycles. The van der Waals surface area contributed by atoms with Crippen molar-refractivity contribution in [1.29, 1.82) is 0 Å². The lowest BCUT2D eigenvalue weighted by atomic mass is 9.94. The van der Waals surface area contributed by atoms with Crippen LogP contribution in [0.5, 0.6) is 0 Å². The lowest BCUT2D eigenvalue weighted by Gasteiger charge is -2.38. The number of ether oxygens (including phenoxy) is 2. The van der Waals surface area contributed by atoms with Crippen LogP contribution in [0.1, 0.15) is 43.7 Å². The van der Waals surface area contributed by atoms with Crippen molar-refractivity contribution >= 4 is 29.3 Å². The van der Waals surface area contributed by atoms with Gasteiger partial charge in [0.1, 0.15) is 17.9 Å². The van der Waals surface area contributed by atoms with Crippen LogP contribution >= 0.6 is 0 Å². The van der Waals surface area contributed by atoms with E-state index in [1.165, 1.54) is 35.1 Å². The summed E-state index contributed by atoms with van der Waals surface area (Å²) >= 11 is 0. The monoisotopic (exact) mass is 495 g/mol. The molecule has 2 heterocycles. The summed E-state index contributed by atoms with van der Waals surface area (Å²) in [5, 5.41) is 0. The van der Waals surface area contributed by atoms with E-state index in [0.717, 1.165) is 37.8 Å². The fourth-order valence-corrected chi connectivity index (χ4v) is 5.62. The van der Waals surface area contributed by atoms with Crippen LogP contribution in [-0.4, -0.2) is 61.8 Å². The summed E-state index contributed by atoms with van der Waals surface area (Å²) in [5.74, 6) is -1.27. The van der Waals surface area contributed by atoms with Gasteiger partial charge in [-0.2, -0.15) is 0 Å². The number of nitrogens with zero attached hydrogens (tertiary/aromatic N) is 3. The highest BCUT2D eigenvalue weighted by Gasteiger charge is 2.48. The van der Waals surface area contributed by atoms with Crippen molar-refractivity contribution in [1.82, 2.24) is 4.90 Å². The number of hydrogen-bond donors (Lipinski definition) is 0. The van der Waals surface area contributed by atoms with E-state index in [0.29, 0.717) is 5.56 Å². The number of rotatable bonds is 4. The molecule has 190 valence electrons. The summed E-state index contributed by atoms with van der Waals surface area (Å²) in [6.45, 7) is 0.387. The predicted octanol–water partition coefficient (Wildman–Crippen LogP) is 4.05. The minimum atomic E-state index is -1.02. The number of fused-ring (bicyclic) bond motifs is 1. The molecule has 0 N–H and O–H groups in total. The first-order valence-electron chi connectivity index (χ1n) is 12.4. The minimum Gasteiger partial charge on any atom is -0.453 e. The molecule has 0 radical (unpaired) electrons. The van der Waals surface area contributed by atoms with E-state index in [9.17, 15) is 18.8 Å². The Morgan fingerprint density at radius 2 is 1.86 bits per heavy atom. The highest BCUT2D eigenvalue weighted by atomic mass is 19.1. The van der Waals surface area contributed by atoms with Crippen molar-refractivity contribution in [2.24, 2.45) is 0 Å². The number of halogens is 1. The summed E-state index contributed by atoms with van der Waals surface area (Å²) in [6, 6.07) is 11.1. The van der Waals surface area contributed by atoms with Crippen molar-refractivity contribution in [3.05, 3.63) is 59.9 Å². The number of amides is 3. The third-order valence-corrected chi connectivity index (χ3v) is 7.31. The summed E-state index contributed by atoms with van der Waals surface area (Å²) in [4.78, 5) is 45.2. The second-order valence-electron chi connectivity index (χ2n) is 9.40. The predicted molar refractivity (Wildman–Crippen MR) is 131 cm³/mol. The van der Waals surface area contributed by atoms with Crippen LogP contribution < -0.4 is 9.80 Å². The van der Waals surface area contributed by atoms with Crippen molar-refractivity contribution in [3.8, 4) is 0 Å². The lowest BCUT2D eigenvalue weighted by molar-refractivity contribution is -0.131. The molecule has 9 heteroatoms. The van der Waals surface area contributed by atoms with Crippen LogP contribution in [0.25, 0.3) is 0 Å². The van der Waals surface area contributed by atoms with Gasteiger partial charge in [0.05, 0.1) is 20.3 Å². The number of anilines is 2. The molecule has 1 saturated carbocycles. The largest absolute Gasteiger partial charge is 0.453 e. The molecule has 1 aliphatic carbocycles. The van der Waals surface area contributed by atoms with Gasteiger partial charge in [-0.05, 0) is 37.1 Å². The Morgan fingerprint density at radius 1 is 1.08 bits per heavy atom. The molecule has 8 nitrogen and oxygen atoms in total. The number of methoxy groups -OCH3 is 1. The molecule has 2 aromatic carbocycles. The average Bonchev–Trinajstić information content (AvgIpc) is 3.20. The van der Waals surface area contributed by atoms with Gasteiger partial charge < -0.3 is 14.4 Å². The number of morpholine rings is 1. The van der Waals surface area contributed by atoms with Crippen molar-refractivity contribution < 1.29 is 28.2 Å². The first-order valence-corrected chi connectivity index (χ1v) is 12.4. The van der Waals surface area contributed by atoms with Gasteiger partial charge in [-0.3, -0.25) is 19.4 Å². The molecule has 0 bridgehead atoms.